The van der Waals surface area contributed by atoms with Crippen LogP contribution in [0.4, 0.5) is 0 Å². The molecule has 2 amide bonds. The second-order valence-electron chi connectivity index (χ2n) is 7.33. The van der Waals surface area contributed by atoms with Crippen molar-refractivity contribution in [2.75, 3.05) is 32.9 Å². The Hall–Kier alpha value is -1.58. The zero-order valence-electron chi connectivity index (χ0n) is 14.7. The number of likely N-dealkylation sites (tertiary alicyclic amines) is 1. The van der Waals surface area contributed by atoms with E-state index in [9.17, 15) is 9.59 Å². The Balaban J connectivity index is 1.43. The van der Waals surface area contributed by atoms with Crippen molar-refractivity contribution in [3.05, 3.63) is 0 Å². The van der Waals surface area contributed by atoms with E-state index in [4.69, 9.17) is 15.2 Å². The first-order chi connectivity index (χ1) is 12.1. The summed E-state index contributed by atoms with van der Waals surface area (Å²) in [5.41, 5.74) is 5.45. The number of carbonyl (C=O) groups excluding carboxylic acids is 2. The van der Waals surface area contributed by atoms with Crippen molar-refractivity contribution < 1.29 is 19.1 Å². The number of nitrogens with two attached hydrogens (primary N) is 1. The number of amides is 2. The Morgan fingerprint density at radius 2 is 1.76 bits per heavy atom. The number of rotatable bonds is 3. The Morgan fingerprint density at radius 1 is 1.04 bits per heavy atom. The number of ether oxygens (including phenoxy) is 2. The molecule has 2 atom stereocenters. The molecule has 3 heterocycles. The van der Waals surface area contributed by atoms with E-state index in [2.05, 4.69) is 11.8 Å². The molecule has 6 nitrogen and oxygen atoms in total. The average Bonchev–Trinajstić information content (AvgIpc) is 3.09. The molecule has 3 saturated heterocycles. The minimum atomic E-state index is -0.251. The van der Waals surface area contributed by atoms with Crippen LogP contribution in [0.5, 0.6) is 0 Å². The summed E-state index contributed by atoms with van der Waals surface area (Å²) in [4.78, 5) is 25.6. The first kappa shape index (κ1) is 18.2. The van der Waals surface area contributed by atoms with Crippen LogP contribution in [-0.2, 0) is 19.1 Å². The van der Waals surface area contributed by atoms with Crippen LogP contribution in [0.2, 0.25) is 0 Å². The second kappa shape index (κ2) is 8.68. The van der Waals surface area contributed by atoms with Gasteiger partial charge in [0.05, 0.1) is 12.0 Å². The maximum atomic E-state index is 12.3. The molecular formula is C19H28N2O4. The molecule has 0 radical (unpaired) electrons. The van der Waals surface area contributed by atoms with Gasteiger partial charge < -0.3 is 20.1 Å². The number of carbonyl (C=O) groups is 2. The Kier molecular flexibility index (Phi) is 6.33. The number of nitrogens with zero attached hydrogens (tertiary/aromatic N) is 1. The Bertz CT molecular complexity index is 539. The third-order valence-corrected chi connectivity index (χ3v) is 5.65. The molecule has 0 bridgehead atoms. The smallest absolute Gasteiger partial charge is 0.298 e. The van der Waals surface area contributed by atoms with Crippen LogP contribution >= 0.6 is 0 Å². The van der Waals surface area contributed by atoms with Crippen LogP contribution in [0.25, 0.3) is 0 Å². The highest BCUT2D eigenvalue weighted by Gasteiger charge is 2.35. The SMILES string of the molecule is NC(=O)[C@@H]1CCO[C@@H]1CC1CCN(C(=O)C#CC2CCOCC2)CC1. The molecule has 3 rings (SSSR count). The third-order valence-electron chi connectivity index (χ3n) is 5.65. The fourth-order valence-corrected chi connectivity index (χ4v) is 3.99. The van der Waals surface area contributed by atoms with Gasteiger partial charge in [-0.25, -0.2) is 0 Å². The van der Waals surface area contributed by atoms with Crippen LogP contribution < -0.4 is 5.73 Å². The molecule has 3 aliphatic heterocycles. The van der Waals surface area contributed by atoms with Crippen LogP contribution in [0.1, 0.15) is 38.5 Å². The maximum Gasteiger partial charge on any atom is 0.298 e. The molecule has 25 heavy (non-hydrogen) atoms. The zero-order valence-corrected chi connectivity index (χ0v) is 14.7. The summed E-state index contributed by atoms with van der Waals surface area (Å²) < 4.78 is 11.0. The number of hydrogen-bond donors (Lipinski definition) is 1. The molecule has 3 aliphatic rings. The van der Waals surface area contributed by atoms with E-state index >= 15 is 0 Å². The van der Waals surface area contributed by atoms with Gasteiger partial charge in [0.25, 0.3) is 5.91 Å². The van der Waals surface area contributed by atoms with E-state index < -0.39 is 0 Å². The molecule has 0 unspecified atom stereocenters. The lowest BCUT2D eigenvalue weighted by Crippen LogP contribution is -2.39. The Morgan fingerprint density at radius 3 is 2.44 bits per heavy atom. The van der Waals surface area contributed by atoms with Crippen molar-refractivity contribution in [1.82, 2.24) is 4.90 Å². The van der Waals surface area contributed by atoms with Crippen LogP contribution in [0, 0.1) is 29.6 Å². The summed E-state index contributed by atoms with van der Waals surface area (Å²) in [6.45, 7) is 3.58. The average molecular weight is 348 g/mol. The minimum absolute atomic E-state index is 0.0435. The lowest BCUT2D eigenvalue weighted by Gasteiger charge is -2.32. The quantitative estimate of drug-likeness (QED) is 0.770. The molecule has 0 spiro atoms. The fraction of sp³-hybridized carbons (Fsp3) is 0.789. The molecule has 0 aromatic heterocycles. The van der Waals surface area contributed by atoms with Gasteiger partial charge >= 0.3 is 0 Å². The highest BCUT2D eigenvalue weighted by Crippen LogP contribution is 2.30. The first-order valence-corrected chi connectivity index (χ1v) is 9.42. The summed E-state index contributed by atoms with van der Waals surface area (Å²) in [6, 6.07) is 0. The van der Waals surface area contributed by atoms with Gasteiger partial charge in [-0.2, -0.15) is 0 Å². The lowest BCUT2D eigenvalue weighted by atomic mass is 9.86. The van der Waals surface area contributed by atoms with E-state index in [-0.39, 0.29) is 23.8 Å². The predicted molar refractivity (Wildman–Crippen MR) is 92.3 cm³/mol. The van der Waals surface area contributed by atoms with Crippen molar-refractivity contribution in [1.29, 1.82) is 0 Å². The number of primary amides is 1. The summed E-state index contributed by atoms with van der Waals surface area (Å²) in [7, 11) is 0. The first-order valence-electron chi connectivity index (χ1n) is 9.42. The van der Waals surface area contributed by atoms with Gasteiger partial charge in [-0.3, -0.25) is 9.59 Å². The summed E-state index contributed by atoms with van der Waals surface area (Å²) in [5.74, 6) is 6.26. The van der Waals surface area contributed by atoms with Gasteiger partial charge in [0, 0.05) is 38.8 Å². The standard InChI is InChI=1S/C19H28N2O4/c20-19(23)16-7-12-25-17(16)13-15-3-8-21(9-4-15)18(22)2-1-14-5-10-24-11-6-14/h14-17H,3-13H2,(H2,20,23)/t16-,17-/m1/s1. The fourth-order valence-electron chi connectivity index (χ4n) is 3.99. The van der Waals surface area contributed by atoms with E-state index in [1.807, 2.05) is 4.90 Å². The largest absolute Gasteiger partial charge is 0.381 e. The molecule has 138 valence electrons. The molecule has 0 aliphatic carbocycles. The van der Waals surface area contributed by atoms with Crippen molar-refractivity contribution in [2.24, 2.45) is 23.5 Å². The van der Waals surface area contributed by atoms with E-state index in [0.717, 1.165) is 64.8 Å². The van der Waals surface area contributed by atoms with E-state index in [0.29, 0.717) is 18.4 Å². The normalized spacial score (nSPS) is 28.4. The van der Waals surface area contributed by atoms with Gasteiger partial charge in [0.15, 0.2) is 0 Å². The molecular weight excluding hydrogens is 320 g/mol. The number of piperidine rings is 1. The van der Waals surface area contributed by atoms with Crippen molar-refractivity contribution in [2.45, 2.75) is 44.6 Å². The van der Waals surface area contributed by atoms with Crippen molar-refractivity contribution in [3.63, 3.8) is 0 Å². The molecule has 0 aromatic carbocycles. The van der Waals surface area contributed by atoms with Gasteiger partial charge in [0.1, 0.15) is 0 Å². The molecule has 6 heteroatoms. The summed E-state index contributed by atoms with van der Waals surface area (Å²) in [5, 5.41) is 0. The summed E-state index contributed by atoms with van der Waals surface area (Å²) in [6.07, 6.45) is 5.28. The maximum absolute atomic E-state index is 12.3. The Labute approximate surface area is 149 Å². The zero-order chi connectivity index (χ0) is 17.6. The predicted octanol–water partition coefficient (Wildman–Crippen LogP) is 0.936. The van der Waals surface area contributed by atoms with Gasteiger partial charge in [-0.15, -0.1) is 0 Å². The van der Waals surface area contributed by atoms with Crippen LogP contribution in [-0.4, -0.2) is 55.7 Å². The highest BCUT2D eigenvalue weighted by atomic mass is 16.5. The van der Waals surface area contributed by atoms with Gasteiger partial charge in [0.2, 0.25) is 5.91 Å². The number of hydrogen-bond acceptors (Lipinski definition) is 4. The molecule has 0 saturated carbocycles. The second-order valence-corrected chi connectivity index (χ2v) is 7.33. The third kappa shape index (κ3) is 4.96. The molecule has 3 fully saturated rings. The molecule has 0 aromatic rings. The van der Waals surface area contributed by atoms with Crippen molar-refractivity contribution in [3.8, 4) is 11.8 Å². The topological polar surface area (TPSA) is 81.9 Å². The monoisotopic (exact) mass is 348 g/mol. The molecule has 2 N–H and O–H groups in total. The van der Waals surface area contributed by atoms with Gasteiger partial charge in [-0.05, 0) is 50.4 Å². The summed E-state index contributed by atoms with van der Waals surface area (Å²) >= 11 is 0. The van der Waals surface area contributed by atoms with Crippen LogP contribution in [0.3, 0.4) is 0 Å². The highest BCUT2D eigenvalue weighted by molar-refractivity contribution is 5.93. The van der Waals surface area contributed by atoms with Crippen molar-refractivity contribution >= 4 is 11.8 Å². The van der Waals surface area contributed by atoms with E-state index in [1.54, 1.807) is 0 Å². The van der Waals surface area contributed by atoms with Gasteiger partial charge in [-0.1, -0.05) is 5.92 Å². The van der Waals surface area contributed by atoms with Crippen LogP contribution in [0.15, 0.2) is 0 Å². The van der Waals surface area contributed by atoms with E-state index in [1.165, 1.54) is 0 Å². The minimum Gasteiger partial charge on any atom is -0.381 e. The lowest BCUT2D eigenvalue weighted by molar-refractivity contribution is -0.126.